The van der Waals surface area contributed by atoms with Crippen LogP contribution in [0.15, 0.2) is 97.1 Å². The van der Waals surface area contributed by atoms with Crippen LogP contribution in [0.1, 0.15) is 26.3 Å². The van der Waals surface area contributed by atoms with Crippen LogP contribution in [0.25, 0.3) is 16.7 Å². The molecule has 0 saturated heterocycles. The second kappa shape index (κ2) is 8.27. The highest BCUT2D eigenvalue weighted by Crippen LogP contribution is 2.42. The van der Waals surface area contributed by atoms with Crippen LogP contribution >= 0.6 is 7.14 Å². The van der Waals surface area contributed by atoms with E-state index in [1.165, 1.54) is 4.80 Å². The van der Waals surface area contributed by atoms with Crippen LogP contribution in [0.5, 0.6) is 5.75 Å². The molecule has 5 aromatic rings. The predicted molar refractivity (Wildman–Crippen MR) is 139 cm³/mol. The van der Waals surface area contributed by atoms with Crippen LogP contribution < -0.4 is 15.9 Å². The van der Waals surface area contributed by atoms with E-state index in [0.29, 0.717) is 22.0 Å². The molecule has 0 radical (unpaired) electrons. The molecule has 5 rings (SSSR count). The van der Waals surface area contributed by atoms with Crippen molar-refractivity contribution in [2.24, 2.45) is 0 Å². The van der Waals surface area contributed by atoms with Gasteiger partial charge in [0.1, 0.15) is 22.5 Å². The number of fused-ring (bicyclic) bond motifs is 1. The second-order valence-electron chi connectivity index (χ2n) is 9.37. The Morgan fingerprint density at radius 3 is 1.88 bits per heavy atom. The molecule has 5 nitrogen and oxygen atoms in total. The largest absolute Gasteiger partial charge is 0.505 e. The van der Waals surface area contributed by atoms with E-state index in [1.807, 2.05) is 91.0 Å². The van der Waals surface area contributed by atoms with E-state index in [9.17, 15) is 9.67 Å². The summed E-state index contributed by atoms with van der Waals surface area (Å²) in [7, 11) is -3.11. The Morgan fingerprint density at radius 1 is 0.706 bits per heavy atom. The normalized spacial score (nSPS) is 12.2. The predicted octanol–water partition coefficient (Wildman–Crippen LogP) is 5.06. The first-order valence-electron chi connectivity index (χ1n) is 11.2. The zero-order valence-electron chi connectivity index (χ0n) is 19.4. The van der Waals surface area contributed by atoms with Gasteiger partial charge in [-0.1, -0.05) is 93.6 Å². The van der Waals surface area contributed by atoms with Crippen molar-refractivity contribution in [1.29, 1.82) is 0 Å². The molecule has 1 aromatic heterocycles. The van der Waals surface area contributed by atoms with Crippen molar-refractivity contribution in [3.63, 3.8) is 0 Å². The molecule has 4 aromatic carbocycles. The minimum Gasteiger partial charge on any atom is -0.505 e. The van der Waals surface area contributed by atoms with Gasteiger partial charge in [-0.15, -0.1) is 15.0 Å². The molecule has 0 aliphatic rings. The fourth-order valence-electron chi connectivity index (χ4n) is 4.23. The topological polar surface area (TPSA) is 68.0 Å². The van der Waals surface area contributed by atoms with Gasteiger partial charge in [-0.05, 0) is 29.7 Å². The van der Waals surface area contributed by atoms with Crippen LogP contribution in [0.3, 0.4) is 0 Å². The highest BCUT2D eigenvalue weighted by atomic mass is 31.2. The van der Waals surface area contributed by atoms with Gasteiger partial charge in [-0.3, -0.25) is 0 Å². The molecule has 0 fully saturated rings. The van der Waals surface area contributed by atoms with Gasteiger partial charge in [0.15, 0.2) is 7.14 Å². The number of hydrogen-bond donors (Lipinski definition) is 1. The van der Waals surface area contributed by atoms with E-state index in [1.54, 1.807) is 6.07 Å². The summed E-state index contributed by atoms with van der Waals surface area (Å²) in [5, 5.41) is 22.4. The number of phenols is 1. The van der Waals surface area contributed by atoms with Crippen molar-refractivity contribution < 1.29 is 9.67 Å². The number of benzene rings is 4. The summed E-state index contributed by atoms with van der Waals surface area (Å²) in [6.45, 7) is 6.15. The molecule has 0 aliphatic carbocycles. The molecule has 170 valence electrons. The zero-order valence-corrected chi connectivity index (χ0v) is 20.3. The summed E-state index contributed by atoms with van der Waals surface area (Å²) in [4.78, 5) is 1.45. The number of aromatic nitrogens is 3. The first-order chi connectivity index (χ1) is 16.3. The lowest BCUT2D eigenvalue weighted by molar-refractivity contribution is 0.440. The quantitative estimate of drug-likeness (QED) is 0.375. The van der Waals surface area contributed by atoms with Gasteiger partial charge in [0, 0.05) is 21.5 Å². The summed E-state index contributed by atoms with van der Waals surface area (Å²) < 4.78 is 14.7. The van der Waals surface area contributed by atoms with E-state index >= 15 is 0 Å². The molecule has 34 heavy (non-hydrogen) atoms. The van der Waals surface area contributed by atoms with Crippen molar-refractivity contribution in [1.82, 2.24) is 15.0 Å². The molecule has 0 saturated carbocycles. The van der Waals surface area contributed by atoms with Crippen LogP contribution in [-0.2, 0) is 9.98 Å². The number of aromatic hydroxyl groups is 1. The Labute approximate surface area is 199 Å². The summed E-state index contributed by atoms with van der Waals surface area (Å²) in [5.74, 6) is 0.162. The number of para-hydroxylation sites is 1. The van der Waals surface area contributed by atoms with Gasteiger partial charge >= 0.3 is 0 Å². The minimum atomic E-state index is -3.11. The first kappa shape index (κ1) is 22.1. The van der Waals surface area contributed by atoms with E-state index in [2.05, 4.69) is 31.0 Å². The summed E-state index contributed by atoms with van der Waals surface area (Å²) in [6.07, 6.45) is 0. The SMILES string of the molecule is CC(C)(C)c1cccc(-n2nc3ccc(P(=O)(c4ccccc4)c4ccccc4)cc3n2)c1O. The molecule has 1 heterocycles. The summed E-state index contributed by atoms with van der Waals surface area (Å²) >= 11 is 0. The lowest BCUT2D eigenvalue weighted by Crippen LogP contribution is -2.24. The molecule has 0 unspecified atom stereocenters. The Morgan fingerprint density at radius 2 is 1.29 bits per heavy atom. The van der Waals surface area contributed by atoms with Crippen molar-refractivity contribution in [3.8, 4) is 11.4 Å². The number of rotatable bonds is 4. The van der Waals surface area contributed by atoms with Crippen LogP contribution in [0.4, 0.5) is 0 Å². The summed E-state index contributed by atoms with van der Waals surface area (Å²) in [6, 6.07) is 30.3. The maximum absolute atomic E-state index is 14.7. The first-order valence-corrected chi connectivity index (χ1v) is 12.9. The lowest BCUT2D eigenvalue weighted by Gasteiger charge is -2.21. The smallest absolute Gasteiger partial charge is 0.171 e. The monoisotopic (exact) mass is 467 g/mol. The Bertz CT molecular complexity index is 1480. The van der Waals surface area contributed by atoms with Gasteiger partial charge in [0.2, 0.25) is 0 Å². The number of hydrogen-bond acceptors (Lipinski definition) is 4. The van der Waals surface area contributed by atoms with Crippen molar-refractivity contribution in [3.05, 3.63) is 103 Å². The molecule has 0 spiro atoms. The average molecular weight is 468 g/mol. The average Bonchev–Trinajstić information content (AvgIpc) is 3.27. The van der Waals surface area contributed by atoms with Crippen molar-refractivity contribution in [2.75, 3.05) is 0 Å². The lowest BCUT2D eigenvalue weighted by atomic mass is 9.86. The van der Waals surface area contributed by atoms with Crippen molar-refractivity contribution in [2.45, 2.75) is 26.2 Å². The van der Waals surface area contributed by atoms with Gasteiger partial charge in [-0.25, -0.2) is 0 Å². The molecule has 0 aliphatic heterocycles. The molecular formula is C28H26N3O2P. The van der Waals surface area contributed by atoms with Crippen LogP contribution in [0.2, 0.25) is 0 Å². The third-order valence-electron chi connectivity index (χ3n) is 6.01. The fraction of sp³-hybridized carbons (Fsp3) is 0.143. The van der Waals surface area contributed by atoms with Gasteiger partial charge in [-0.2, -0.15) is 0 Å². The number of nitrogens with zero attached hydrogens (tertiary/aromatic N) is 3. The molecule has 1 N–H and O–H groups in total. The minimum absolute atomic E-state index is 0.162. The van der Waals surface area contributed by atoms with E-state index < -0.39 is 7.14 Å². The highest BCUT2D eigenvalue weighted by Gasteiger charge is 2.30. The van der Waals surface area contributed by atoms with Crippen molar-refractivity contribution >= 4 is 34.1 Å². The zero-order chi connectivity index (χ0) is 23.9. The second-order valence-corrected chi connectivity index (χ2v) is 12.1. The Kier molecular flexibility index (Phi) is 5.38. The molecule has 0 atom stereocenters. The van der Waals surface area contributed by atoms with Crippen LogP contribution in [0, 0.1) is 0 Å². The standard InChI is InChI=1S/C28H26N3O2P/c1-28(2,3)23-15-10-16-26(27(23)32)31-29-24-18-17-22(19-25(24)30-31)34(33,20-11-6-4-7-12-20)21-13-8-5-9-14-21/h4-19,32H,1-3H3. The van der Waals surface area contributed by atoms with Gasteiger partial charge in [0.25, 0.3) is 0 Å². The highest BCUT2D eigenvalue weighted by molar-refractivity contribution is 7.85. The maximum Gasteiger partial charge on any atom is 0.171 e. The molecule has 0 bridgehead atoms. The van der Waals surface area contributed by atoms with Crippen LogP contribution in [-0.4, -0.2) is 20.1 Å². The van der Waals surface area contributed by atoms with Gasteiger partial charge in [0.05, 0.1) is 0 Å². The Hall–Kier alpha value is -3.69. The molecular weight excluding hydrogens is 441 g/mol. The maximum atomic E-state index is 14.7. The third-order valence-corrected chi connectivity index (χ3v) is 9.06. The fourth-order valence-corrected chi connectivity index (χ4v) is 6.89. The summed E-state index contributed by atoms with van der Waals surface area (Å²) in [5.41, 5.74) is 2.39. The number of phenolic OH excluding ortho intramolecular Hbond substituents is 1. The van der Waals surface area contributed by atoms with Gasteiger partial charge < -0.3 is 9.67 Å². The Balaban J connectivity index is 1.67. The van der Waals surface area contributed by atoms with E-state index in [0.717, 1.165) is 16.2 Å². The van der Waals surface area contributed by atoms with E-state index in [4.69, 9.17) is 0 Å². The third kappa shape index (κ3) is 3.72. The van der Waals surface area contributed by atoms with E-state index in [-0.39, 0.29) is 11.2 Å². The molecule has 6 heteroatoms. The molecule has 0 amide bonds.